The minimum absolute atomic E-state index is 0.0304. The van der Waals surface area contributed by atoms with Crippen molar-refractivity contribution in [2.24, 2.45) is 11.7 Å². The summed E-state index contributed by atoms with van der Waals surface area (Å²) in [7, 11) is -2.37. The van der Waals surface area contributed by atoms with Gasteiger partial charge in [0.05, 0.1) is 23.6 Å². The number of methoxy groups -OCH3 is 1. The van der Waals surface area contributed by atoms with Gasteiger partial charge in [-0.05, 0) is 24.1 Å². The fraction of sp³-hybridized carbons (Fsp3) is 0.467. The number of sulfone groups is 1. The minimum Gasteiger partial charge on any atom is -0.465 e. The van der Waals surface area contributed by atoms with Crippen molar-refractivity contribution >= 4 is 27.4 Å². The lowest BCUT2D eigenvalue weighted by Crippen LogP contribution is -2.40. The van der Waals surface area contributed by atoms with Gasteiger partial charge < -0.3 is 15.8 Å². The highest BCUT2D eigenvalue weighted by atomic mass is 32.2. The number of hydrogen-bond acceptors (Lipinski definition) is 6. The van der Waals surface area contributed by atoms with E-state index in [0.717, 1.165) is 12.7 Å². The zero-order valence-corrected chi connectivity index (χ0v) is 14.4. The van der Waals surface area contributed by atoms with E-state index < -0.39 is 27.8 Å². The van der Waals surface area contributed by atoms with Crippen LogP contribution in [0.5, 0.6) is 0 Å². The largest absolute Gasteiger partial charge is 0.465 e. The van der Waals surface area contributed by atoms with Crippen LogP contribution in [-0.4, -0.2) is 39.7 Å². The average molecular weight is 342 g/mol. The molecule has 2 unspecified atom stereocenters. The van der Waals surface area contributed by atoms with Crippen LogP contribution in [0.25, 0.3) is 0 Å². The highest BCUT2D eigenvalue weighted by Crippen LogP contribution is 2.20. The predicted molar refractivity (Wildman–Crippen MR) is 87.0 cm³/mol. The van der Waals surface area contributed by atoms with Gasteiger partial charge in [0.15, 0.2) is 9.84 Å². The quantitative estimate of drug-likeness (QED) is 0.750. The molecular formula is C15H22N2O5S. The summed E-state index contributed by atoms with van der Waals surface area (Å²) in [4.78, 5) is 23.7. The Balaban J connectivity index is 3.20. The lowest BCUT2D eigenvalue weighted by atomic mass is 9.99. The zero-order chi connectivity index (χ0) is 17.8. The average Bonchev–Trinajstić information content (AvgIpc) is 2.51. The van der Waals surface area contributed by atoms with Gasteiger partial charge in [-0.1, -0.05) is 20.3 Å². The van der Waals surface area contributed by atoms with E-state index in [4.69, 9.17) is 5.73 Å². The van der Waals surface area contributed by atoms with E-state index in [1.807, 2.05) is 13.8 Å². The van der Waals surface area contributed by atoms with Crippen LogP contribution < -0.4 is 11.1 Å². The molecule has 0 aliphatic carbocycles. The molecule has 0 heterocycles. The van der Waals surface area contributed by atoms with Crippen molar-refractivity contribution in [1.29, 1.82) is 0 Å². The number of ether oxygens (including phenoxy) is 1. The van der Waals surface area contributed by atoms with E-state index in [2.05, 4.69) is 10.1 Å². The van der Waals surface area contributed by atoms with Crippen molar-refractivity contribution in [1.82, 2.24) is 0 Å². The second-order valence-corrected chi connectivity index (χ2v) is 7.43. The lowest BCUT2D eigenvalue weighted by molar-refractivity contribution is -0.118. The SMILES string of the molecule is CCC(C)C(N)C(=O)Nc1cc(C(=O)OC)cc(S(C)(=O)=O)c1. The molecule has 0 fully saturated rings. The smallest absolute Gasteiger partial charge is 0.337 e. The number of rotatable bonds is 6. The Morgan fingerprint density at radius 1 is 1.30 bits per heavy atom. The van der Waals surface area contributed by atoms with Crippen molar-refractivity contribution in [3.63, 3.8) is 0 Å². The number of nitrogens with one attached hydrogen (secondary N) is 1. The van der Waals surface area contributed by atoms with Gasteiger partial charge in [0.2, 0.25) is 5.91 Å². The number of anilines is 1. The maximum Gasteiger partial charge on any atom is 0.337 e. The molecule has 1 rings (SSSR count). The molecular weight excluding hydrogens is 320 g/mol. The second-order valence-electron chi connectivity index (χ2n) is 5.41. The summed E-state index contributed by atoms with van der Waals surface area (Å²) in [5.41, 5.74) is 6.05. The predicted octanol–water partition coefficient (Wildman–Crippen LogP) is 1.19. The molecule has 0 radical (unpaired) electrons. The van der Waals surface area contributed by atoms with Gasteiger partial charge in [0.25, 0.3) is 0 Å². The fourth-order valence-corrected chi connectivity index (χ4v) is 2.54. The van der Waals surface area contributed by atoms with Crippen molar-refractivity contribution in [2.45, 2.75) is 31.2 Å². The standard InChI is InChI=1S/C15H22N2O5S/c1-5-9(2)13(16)14(18)17-11-6-10(15(19)22-3)7-12(8-11)23(4,20)21/h6-9,13H,5,16H2,1-4H3,(H,17,18). The fourth-order valence-electron chi connectivity index (χ4n) is 1.86. The third-order valence-electron chi connectivity index (χ3n) is 3.58. The number of benzene rings is 1. The van der Waals surface area contributed by atoms with Crippen LogP contribution in [0.3, 0.4) is 0 Å². The van der Waals surface area contributed by atoms with Gasteiger partial charge in [-0.25, -0.2) is 13.2 Å². The molecule has 1 amide bonds. The first-order chi connectivity index (χ1) is 10.6. The molecule has 0 saturated carbocycles. The molecule has 2 atom stereocenters. The summed E-state index contributed by atoms with van der Waals surface area (Å²) in [5.74, 6) is -1.17. The molecule has 23 heavy (non-hydrogen) atoms. The third-order valence-corrected chi connectivity index (χ3v) is 4.68. The maximum absolute atomic E-state index is 12.1. The van der Waals surface area contributed by atoms with Crippen LogP contribution in [0.2, 0.25) is 0 Å². The first kappa shape index (κ1) is 19.1. The Morgan fingerprint density at radius 2 is 1.91 bits per heavy atom. The van der Waals surface area contributed by atoms with Gasteiger partial charge in [-0.3, -0.25) is 4.79 Å². The van der Waals surface area contributed by atoms with Crippen molar-refractivity contribution in [3.8, 4) is 0 Å². The topological polar surface area (TPSA) is 116 Å². The third kappa shape index (κ3) is 5.04. The summed E-state index contributed by atoms with van der Waals surface area (Å²) in [6, 6.07) is 3.10. The van der Waals surface area contributed by atoms with Crippen molar-refractivity contribution in [2.75, 3.05) is 18.7 Å². The van der Waals surface area contributed by atoms with Crippen molar-refractivity contribution in [3.05, 3.63) is 23.8 Å². The summed E-state index contributed by atoms with van der Waals surface area (Å²) in [5, 5.41) is 2.55. The molecule has 0 saturated heterocycles. The van der Waals surface area contributed by atoms with Gasteiger partial charge in [-0.15, -0.1) is 0 Å². The molecule has 7 nitrogen and oxygen atoms in total. The molecule has 0 aromatic heterocycles. The molecule has 0 aliphatic rings. The summed E-state index contributed by atoms with van der Waals surface area (Å²) in [6.45, 7) is 3.76. The first-order valence-corrected chi connectivity index (χ1v) is 8.99. The Bertz CT molecular complexity index is 700. The number of nitrogens with two attached hydrogens (primary N) is 1. The van der Waals surface area contributed by atoms with Crippen LogP contribution in [0.4, 0.5) is 5.69 Å². The van der Waals surface area contributed by atoms with E-state index in [0.29, 0.717) is 0 Å². The molecule has 0 bridgehead atoms. The van der Waals surface area contributed by atoms with Gasteiger partial charge >= 0.3 is 5.97 Å². The first-order valence-electron chi connectivity index (χ1n) is 7.10. The summed E-state index contributed by atoms with van der Waals surface area (Å²) < 4.78 is 28.1. The van der Waals surface area contributed by atoms with Crippen LogP contribution in [0.1, 0.15) is 30.6 Å². The molecule has 8 heteroatoms. The Hall–Kier alpha value is -1.93. The van der Waals surface area contributed by atoms with Crippen LogP contribution >= 0.6 is 0 Å². The van der Waals surface area contributed by atoms with Gasteiger partial charge in [0.1, 0.15) is 0 Å². The molecule has 3 N–H and O–H groups in total. The molecule has 0 spiro atoms. The number of esters is 1. The molecule has 1 aromatic carbocycles. The van der Waals surface area contributed by atoms with E-state index in [1.165, 1.54) is 25.3 Å². The minimum atomic E-state index is -3.56. The Labute approximate surface area is 136 Å². The monoisotopic (exact) mass is 342 g/mol. The van der Waals surface area contributed by atoms with Gasteiger partial charge in [-0.2, -0.15) is 0 Å². The van der Waals surface area contributed by atoms with E-state index in [1.54, 1.807) is 0 Å². The van der Waals surface area contributed by atoms with Crippen LogP contribution in [0, 0.1) is 5.92 Å². The lowest BCUT2D eigenvalue weighted by Gasteiger charge is -2.18. The number of carbonyl (C=O) groups is 2. The zero-order valence-electron chi connectivity index (χ0n) is 13.6. The van der Waals surface area contributed by atoms with Crippen molar-refractivity contribution < 1.29 is 22.7 Å². The molecule has 128 valence electrons. The maximum atomic E-state index is 12.1. The Morgan fingerprint density at radius 3 is 2.39 bits per heavy atom. The van der Waals surface area contributed by atoms with E-state index >= 15 is 0 Å². The normalized spacial score (nSPS) is 14.0. The van der Waals surface area contributed by atoms with E-state index in [-0.39, 0.29) is 22.1 Å². The molecule has 0 aliphatic heterocycles. The van der Waals surface area contributed by atoms with E-state index in [9.17, 15) is 18.0 Å². The highest BCUT2D eigenvalue weighted by Gasteiger charge is 2.21. The highest BCUT2D eigenvalue weighted by molar-refractivity contribution is 7.90. The summed E-state index contributed by atoms with van der Waals surface area (Å²) >= 11 is 0. The number of hydrogen-bond donors (Lipinski definition) is 2. The van der Waals surface area contributed by atoms with Crippen LogP contribution in [-0.2, 0) is 19.4 Å². The molecule has 1 aromatic rings. The van der Waals surface area contributed by atoms with Gasteiger partial charge in [0, 0.05) is 11.9 Å². The summed E-state index contributed by atoms with van der Waals surface area (Å²) in [6.07, 6.45) is 1.74. The van der Waals surface area contributed by atoms with Crippen LogP contribution in [0.15, 0.2) is 23.1 Å². The number of amides is 1. The second kappa shape index (κ2) is 7.56. The number of carbonyl (C=O) groups excluding carboxylic acids is 2. The Kier molecular flexibility index (Phi) is 6.28.